The maximum atomic E-state index is 9.69. The van der Waals surface area contributed by atoms with E-state index in [1.807, 2.05) is 6.92 Å². The SMILES string of the molecule is CCCC(O)(O)NCC1OCCc2c(C)csc21. The molecule has 3 N–H and O–H groups in total. The molecular formula is C13H21NO3S. The van der Waals surface area contributed by atoms with Crippen LogP contribution in [0.3, 0.4) is 0 Å². The van der Waals surface area contributed by atoms with E-state index in [0.29, 0.717) is 19.6 Å². The molecule has 1 aromatic heterocycles. The third kappa shape index (κ3) is 3.10. The van der Waals surface area contributed by atoms with Crippen LogP contribution in [0.2, 0.25) is 0 Å². The highest BCUT2D eigenvalue weighted by Crippen LogP contribution is 2.34. The lowest BCUT2D eigenvalue weighted by atomic mass is 10.0. The molecule has 102 valence electrons. The van der Waals surface area contributed by atoms with Gasteiger partial charge in [-0.3, -0.25) is 5.32 Å². The second kappa shape index (κ2) is 5.67. The van der Waals surface area contributed by atoms with Crippen LogP contribution in [-0.2, 0) is 11.2 Å². The summed E-state index contributed by atoms with van der Waals surface area (Å²) in [6.07, 6.45) is 1.92. The van der Waals surface area contributed by atoms with E-state index in [0.717, 1.165) is 12.8 Å². The summed E-state index contributed by atoms with van der Waals surface area (Å²) in [5, 5.41) is 24.3. The molecule has 0 saturated heterocycles. The zero-order chi connectivity index (χ0) is 13.2. The average molecular weight is 271 g/mol. The molecule has 0 fully saturated rings. The third-order valence-electron chi connectivity index (χ3n) is 3.27. The molecule has 0 aliphatic carbocycles. The molecule has 4 nitrogen and oxygen atoms in total. The van der Waals surface area contributed by atoms with Gasteiger partial charge < -0.3 is 14.9 Å². The lowest BCUT2D eigenvalue weighted by Gasteiger charge is -2.28. The first kappa shape index (κ1) is 14.0. The summed E-state index contributed by atoms with van der Waals surface area (Å²) in [5.74, 6) is -1.79. The number of aliphatic hydroxyl groups is 2. The second-order valence-corrected chi connectivity index (χ2v) is 5.73. The Hall–Kier alpha value is -0.460. The Kier molecular flexibility index (Phi) is 4.40. The van der Waals surface area contributed by atoms with Gasteiger partial charge in [0.05, 0.1) is 6.61 Å². The molecule has 2 heterocycles. The first-order valence-corrected chi connectivity index (χ1v) is 7.29. The van der Waals surface area contributed by atoms with Crippen LogP contribution >= 0.6 is 11.3 Å². The molecule has 1 atom stereocenters. The van der Waals surface area contributed by atoms with Crippen LogP contribution in [0.1, 0.15) is 41.9 Å². The van der Waals surface area contributed by atoms with Crippen LogP contribution in [0, 0.1) is 6.92 Å². The standard InChI is InChI=1S/C13H21NO3S/c1-3-5-13(15,16)14-7-11-12-10(4-6-17-11)9(2)8-18-12/h8,11,14-16H,3-7H2,1-2H3. The van der Waals surface area contributed by atoms with Gasteiger partial charge in [-0.2, -0.15) is 0 Å². The Labute approximate surface area is 112 Å². The highest BCUT2D eigenvalue weighted by atomic mass is 32.1. The first-order chi connectivity index (χ1) is 8.53. The number of ether oxygens (including phenoxy) is 1. The fourth-order valence-electron chi connectivity index (χ4n) is 2.30. The summed E-state index contributed by atoms with van der Waals surface area (Å²) in [5.41, 5.74) is 2.69. The molecule has 0 radical (unpaired) electrons. The van der Waals surface area contributed by atoms with Crippen LogP contribution in [0.5, 0.6) is 0 Å². The Morgan fingerprint density at radius 3 is 3.06 bits per heavy atom. The predicted molar refractivity (Wildman–Crippen MR) is 71.5 cm³/mol. The second-order valence-electron chi connectivity index (χ2n) is 4.82. The van der Waals surface area contributed by atoms with Crippen molar-refractivity contribution in [2.24, 2.45) is 0 Å². The smallest absolute Gasteiger partial charge is 0.222 e. The fourth-order valence-corrected chi connectivity index (χ4v) is 3.46. The van der Waals surface area contributed by atoms with Gasteiger partial charge in [-0.05, 0) is 36.3 Å². The fraction of sp³-hybridized carbons (Fsp3) is 0.692. The van der Waals surface area contributed by atoms with Gasteiger partial charge in [0.15, 0.2) is 0 Å². The van der Waals surface area contributed by atoms with E-state index in [1.165, 1.54) is 16.0 Å². The Bertz CT molecular complexity index is 403. The van der Waals surface area contributed by atoms with Crippen LogP contribution in [0.4, 0.5) is 0 Å². The first-order valence-electron chi connectivity index (χ1n) is 6.41. The van der Waals surface area contributed by atoms with E-state index in [4.69, 9.17) is 4.74 Å². The summed E-state index contributed by atoms with van der Waals surface area (Å²) < 4.78 is 5.72. The van der Waals surface area contributed by atoms with E-state index < -0.39 is 5.91 Å². The Morgan fingerprint density at radius 2 is 2.33 bits per heavy atom. The van der Waals surface area contributed by atoms with E-state index in [2.05, 4.69) is 17.6 Å². The number of fused-ring (bicyclic) bond motifs is 1. The van der Waals surface area contributed by atoms with Gasteiger partial charge in [-0.25, -0.2) is 0 Å². The molecule has 1 aromatic rings. The lowest BCUT2D eigenvalue weighted by molar-refractivity contribution is -0.194. The molecule has 2 rings (SSSR count). The summed E-state index contributed by atoms with van der Waals surface area (Å²) >= 11 is 1.70. The van der Waals surface area contributed by atoms with Crippen molar-refractivity contribution in [3.05, 3.63) is 21.4 Å². The summed E-state index contributed by atoms with van der Waals surface area (Å²) in [7, 11) is 0. The van der Waals surface area contributed by atoms with E-state index >= 15 is 0 Å². The minimum Gasteiger partial charge on any atom is -0.371 e. The highest BCUT2D eigenvalue weighted by molar-refractivity contribution is 7.10. The van der Waals surface area contributed by atoms with Crippen molar-refractivity contribution in [3.8, 4) is 0 Å². The summed E-state index contributed by atoms with van der Waals surface area (Å²) in [6, 6.07) is 0. The number of rotatable bonds is 5. The Morgan fingerprint density at radius 1 is 1.56 bits per heavy atom. The van der Waals surface area contributed by atoms with E-state index in [9.17, 15) is 10.2 Å². The normalized spacial score (nSPS) is 19.9. The molecule has 0 bridgehead atoms. The van der Waals surface area contributed by atoms with Gasteiger partial charge >= 0.3 is 0 Å². The van der Waals surface area contributed by atoms with Crippen molar-refractivity contribution in [2.45, 2.75) is 45.1 Å². The Balaban J connectivity index is 1.99. The van der Waals surface area contributed by atoms with E-state index in [1.54, 1.807) is 11.3 Å². The van der Waals surface area contributed by atoms with Crippen LogP contribution in [-0.4, -0.2) is 29.3 Å². The molecule has 0 saturated carbocycles. The largest absolute Gasteiger partial charge is 0.371 e. The van der Waals surface area contributed by atoms with Gasteiger partial charge in [0.25, 0.3) is 0 Å². The van der Waals surface area contributed by atoms with Crippen LogP contribution < -0.4 is 5.32 Å². The molecule has 0 amide bonds. The molecule has 0 aromatic carbocycles. The molecule has 1 unspecified atom stereocenters. The number of aryl methyl sites for hydroxylation is 1. The van der Waals surface area contributed by atoms with Crippen molar-refractivity contribution in [2.75, 3.05) is 13.2 Å². The third-order valence-corrected chi connectivity index (χ3v) is 4.50. The molecule has 18 heavy (non-hydrogen) atoms. The summed E-state index contributed by atoms with van der Waals surface area (Å²) in [6.45, 7) is 5.17. The van der Waals surface area contributed by atoms with Gasteiger partial charge in [0.1, 0.15) is 6.10 Å². The van der Waals surface area contributed by atoms with Gasteiger partial charge in [-0.1, -0.05) is 6.92 Å². The minimum absolute atomic E-state index is 0.0667. The van der Waals surface area contributed by atoms with Crippen molar-refractivity contribution in [1.82, 2.24) is 5.32 Å². The minimum atomic E-state index is -1.79. The average Bonchev–Trinajstić information content (AvgIpc) is 2.69. The number of hydrogen-bond acceptors (Lipinski definition) is 5. The number of thiophene rings is 1. The van der Waals surface area contributed by atoms with E-state index in [-0.39, 0.29) is 6.10 Å². The van der Waals surface area contributed by atoms with Gasteiger partial charge in [0, 0.05) is 17.8 Å². The highest BCUT2D eigenvalue weighted by Gasteiger charge is 2.28. The van der Waals surface area contributed by atoms with Crippen molar-refractivity contribution >= 4 is 11.3 Å². The van der Waals surface area contributed by atoms with Crippen molar-refractivity contribution in [1.29, 1.82) is 0 Å². The molecule has 1 aliphatic rings. The maximum Gasteiger partial charge on any atom is 0.222 e. The summed E-state index contributed by atoms with van der Waals surface area (Å²) in [4.78, 5) is 1.22. The zero-order valence-corrected chi connectivity index (χ0v) is 11.7. The van der Waals surface area contributed by atoms with Crippen LogP contribution in [0.25, 0.3) is 0 Å². The van der Waals surface area contributed by atoms with Gasteiger partial charge in [-0.15, -0.1) is 11.3 Å². The monoisotopic (exact) mass is 271 g/mol. The molecule has 5 heteroatoms. The van der Waals surface area contributed by atoms with Crippen LogP contribution in [0.15, 0.2) is 5.38 Å². The molecule has 0 spiro atoms. The quantitative estimate of drug-likeness (QED) is 0.713. The zero-order valence-electron chi connectivity index (χ0n) is 10.9. The van der Waals surface area contributed by atoms with Gasteiger partial charge in [0.2, 0.25) is 5.91 Å². The predicted octanol–water partition coefficient (Wildman–Crippen LogP) is 1.70. The van der Waals surface area contributed by atoms with Crippen molar-refractivity contribution < 1.29 is 14.9 Å². The topological polar surface area (TPSA) is 61.7 Å². The molecule has 1 aliphatic heterocycles. The maximum absolute atomic E-state index is 9.69. The van der Waals surface area contributed by atoms with Crippen molar-refractivity contribution in [3.63, 3.8) is 0 Å². The number of hydrogen-bond donors (Lipinski definition) is 3. The number of nitrogens with one attached hydrogen (secondary N) is 1. The lowest BCUT2D eigenvalue weighted by Crippen LogP contribution is -2.47. The molecular weight excluding hydrogens is 250 g/mol.